The minimum absolute atomic E-state index is 0.000996. The van der Waals surface area contributed by atoms with Crippen molar-refractivity contribution in [3.8, 4) is 5.75 Å². The highest BCUT2D eigenvalue weighted by atomic mass is 32.2. The number of amides is 3. The second kappa shape index (κ2) is 14.6. The summed E-state index contributed by atoms with van der Waals surface area (Å²) >= 11 is 0. The molecule has 0 aliphatic rings. The van der Waals surface area contributed by atoms with Gasteiger partial charge in [-0.1, -0.05) is 38.1 Å². The number of nitrogens with zero attached hydrogens (tertiary/aromatic N) is 1. The third-order valence-corrected chi connectivity index (χ3v) is 6.98. The monoisotopic (exact) mass is 615 g/mol. The molecule has 0 radical (unpaired) electrons. The molecule has 232 valence electrons. The van der Waals surface area contributed by atoms with Crippen LogP contribution in [0.2, 0.25) is 0 Å². The van der Waals surface area contributed by atoms with Gasteiger partial charge in [0.05, 0.1) is 44.1 Å². The van der Waals surface area contributed by atoms with Crippen LogP contribution in [0.5, 0.6) is 5.75 Å². The minimum atomic E-state index is -3.78. The van der Waals surface area contributed by atoms with E-state index in [0.29, 0.717) is 34.9 Å². The average molecular weight is 616 g/mol. The summed E-state index contributed by atoms with van der Waals surface area (Å²) in [5, 5.41) is 17.9. The Kier molecular flexibility index (Phi) is 11.3. The number of carbonyl (C=O) groups excluding carboxylic acids is 2. The summed E-state index contributed by atoms with van der Waals surface area (Å²) in [6.07, 6.45) is 2.45. The molecule has 3 aromatic rings. The fourth-order valence-electron chi connectivity index (χ4n) is 4.28. The number of benzene rings is 2. The molecule has 0 bridgehead atoms. The number of anilines is 2. The maximum absolute atomic E-state index is 13.1. The molecule has 0 fully saturated rings. The first-order chi connectivity index (χ1) is 20.2. The smallest absolute Gasteiger partial charge is 0.323 e. The zero-order valence-electron chi connectivity index (χ0n) is 24.6. The number of rotatable bonds is 14. The quantitative estimate of drug-likeness (QED) is 0.180. The number of carboxylic acids is 1. The van der Waals surface area contributed by atoms with Crippen LogP contribution in [0, 0.1) is 12.8 Å². The van der Waals surface area contributed by atoms with Crippen molar-refractivity contribution in [1.29, 1.82) is 0 Å². The number of oxazole rings is 1. The van der Waals surface area contributed by atoms with Crippen molar-refractivity contribution in [1.82, 2.24) is 15.0 Å². The van der Waals surface area contributed by atoms with Crippen molar-refractivity contribution in [2.24, 2.45) is 5.92 Å². The Labute approximate surface area is 250 Å². The first-order valence-electron chi connectivity index (χ1n) is 13.5. The Morgan fingerprint density at radius 2 is 1.77 bits per heavy atom. The molecule has 2 atom stereocenters. The molecule has 0 spiro atoms. The number of nitrogens with one attached hydrogen (secondary N) is 4. The van der Waals surface area contributed by atoms with Gasteiger partial charge in [-0.25, -0.2) is 22.9 Å². The van der Waals surface area contributed by atoms with E-state index in [1.807, 2.05) is 43.7 Å². The van der Waals surface area contributed by atoms with Crippen LogP contribution in [0.1, 0.15) is 49.1 Å². The number of hydrogen-bond donors (Lipinski definition) is 5. The van der Waals surface area contributed by atoms with Gasteiger partial charge in [-0.2, -0.15) is 0 Å². The standard InChI is InChI=1S/C29H37N5O8S/c1-17(2)12-22(25-16-30-27(42-25)15-23(28(36)37)34-43(5,39)40)31-26(35)14-19-10-11-21(24(13-19)41-4)33-29(38)32-20-9-7-6-8-18(20)3/h6-11,13,16-17,22-23,34H,12,14-15H2,1-5H3,(H,31,35)(H,36,37)(H2,32,33,38). The number of aryl methyl sites for hydroxylation is 1. The average Bonchev–Trinajstić information content (AvgIpc) is 3.37. The maximum Gasteiger partial charge on any atom is 0.323 e. The Morgan fingerprint density at radius 3 is 2.40 bits per heavy atom. The first-order valence-corrected chi connectivity index (χ1v) is 15.4. The van der Waals surface area contributed by atoms with E-state index in [1.54, 1.807) is 24.3 Å². The lowest BCUT2D eigenvalue weighted by Crippen LogP contribution is -2.41. The molecule has 1 heterocycles. The van der Waals surface area contributed by atoms with Gasteiger partial charge in [0, 0.05) is 5.69 Å². The summed E-state index contributed by atoms with van der Waals surface area (Å²) in [6, 6.07) is 9.94. The van der Waals surface area contributed by atoms with E-state index in [9.17, 15) is 27.9 Å². The molecule has 43 heavy (non-hydrogen) atoms. The van der Waals surface area contributed by atoms with Crippen LogP contribution in [-0.2, 0) is 32.5 Å². The lowest BCUT2D eigenvalue weighted by Gasteiger charge is -2.19. The molecule has 2 aromatic carbocycles. The van der Waals surface area contributed by atoms with Gasteiger partial charge in [-0.3, -0.25) is 9.59 Å². The molecule has 0 saturated heterocycles. The molecule has 2 unspecified atom stereocenters. The number of carbonyl (C=O) groups is 3. The highest BCUT2D eigenvalue weighted by Gasteiger charge is 2.26. The topological polar surface area (TPSA) is 189 Å². The second-order valence-corrected chi connectivity index (χ2v) is 12.3. The highest BCUT2D eigenvalue weighted by Crippen LogP contribution is 2.27. The molecule has 13 nitrogen and oxygen atoms in total. The summed E-state index contributed by atoms with van der Waals surface area (Å²) in [4.78, 5) is 41.2. The number of ether oxygens (including phenoxy) is 1. The van der Waals surface area contributed by atoms with Crippen LogP contribution in [0.3, 0.4) is 0 Å². The number of sulfonamides is 1. The van der Waals surface area contributed by atoms with E-state index in [0.717, 1.165) is 11.8 Å². The Bertz CT molecular complexity index is 1550. The molecular formula is C29H37N5O8S. The van der Waals surface area contributed by atoms with E-state index in [1.165, 1.54) is 13.3 Å². The number of hydrogen-bond acceptors (Lipinski definition) is 8. The highest BCUT2D eigenvalue weighted by molar-refractivity contribution is 7.88. The summed E-state index contributed by atoms with van der Waals surface area (Å²) in [6.45, 7) is 5.83. The molecule has 3 rings (SSSR count). The summed E-state index contributed by atoms with van der Waals surface area (Å²) in [5.74, 6) is -0.821. The lowest BCUT2D eigenvalue weighted by molar-refractivity contribution is -0.139. The summed E-state index contributed by atoms with van der Waals surface area (Å²) in [5.41, 5.74) is 2.65. The number of aromatic nitrogens is 1. The van der Waals surface area contributed by atoms with E-state index in [4.69, 9.17) is 9.15 Å². The fourth-order valence-corrected chi connectivity index (χ4v) is 4.98. The van der Waals surface area contributed by atoms with Crippen LogP contribution in [0.4, 0.5) is 16.2 Å². The van der Waals surface area contributed by atoms with Gasteiger partial charge in [-0.15, -0.1) is 0 Å². The van der Waals surface area contributed by atoms with Crippen LogP contribution >= 0.6 is 0 Å². The number of carboxylic acid groups (broad SMARTS) is 1. The molecule has 3 amide bonds. The van der Waals surface area contributed by atoms with E-state index >= 15 is 0 Å². The third-order valence-electron chi connectivity index (χ3n) is 6.26. The Balaban J connectivity index is 1.68. The van der Waals surface area contributed by atoms with Gasteiger partial charge < -0.3 is 30.2 Å². The zero-order chi connectivity index (χ0) is 31.7. The number of para-hydroxylation sites is 1. The normalized spacial score (nSPS) is 12.8. The molecule has 0 aliphatic carbocycles. The van der Waals surface area contributed by atoms with E-state index < -0.39 is 34.1 Å². The minimum Gasteiger partial charge on any atom is -0.495 e. The van der Waals surface area contributed by atoms with Crippen molar-refractivity contribution in [2.45, 2.75) is 52.1 Å². The molecule has 0 saturated carbocycles. The third kappa shape index (κ3) is 10.4. The fraction of sp³-hybridized carbons (Fsp3) is 0.379. The largest absolute Gasteiger partial charge is 0.495 e. The van der Waals surface area contributed by atoms with Crippen molar-refractivity contribution in [2.75, 3.05) is 24.0 Å². The van der Waals surface area contributed by atoms with Crippen LogP contribution in [0.15, 0.2) is 53.1 Å². The SMILES string of the molecule is COc1cc(CC(=O)NC(CC(C)C)c2cnc(CC(NS(C)(=O)=O)C(=O)O)o2)ccc1NC(=O)Nc1ccccc1C. The summed E-state index contributed by atoms with van der Waals surface area (Å²) < 4.78 is 36.3. The lowest BCUT2D eigenvalue weighted by atomic mass is 10.0. The first kappa shape index (κ1) is 33.1. The predicted molar refractivity (Wildman–Crippen MR) is 160 cm³/mol. The number of urea groups is 1. The van der Waals surface area contributed by atoms with Crippen LogP contribution in [-0.4, -0.2) is 55.8 Å². The van der Waals surface area contributed by atoms with E-state index in [2.05, 4.69) is 20.9 Å². The van der Waals surface area contributed by atoms with Crippen LogP contribution in [0.25, 0.3) is 0 Å². The van der Waals surface area contributed by atoms with Gasteiger partial charge in [-0.05, 0) is 48.6 Å². The zero-order valence-corrected chi connectivity index (χ0v) is 25.4. The second-order valence-electron chi connectivity index (χ2n) is 10.5. The number of methoxy groups -OCH3 is 1. The molecule has 1 aromatic heterocycles. The van der Waals surface area contributed by atoms with Crippen molar-refractivity contribution in [3.63, 3.8) is 0 Å². The molecular weight excluding hydrogens is 578 g/mol. The van der Waals surface area contributed by atoms with Crippen LogP contribution < -0.4 is 25.4 Å². The van der Waals surface area contributed by atoms with Crippen molar-refractivity contribution in [3.05, 3.63) is 71.4 Å². The van der Waals surface area contributed by atoms with Gasteiger partial charge in [0.1, 0.15) is 17.6 Å². The maximum atomic E-state index is 13.1. The van der Waals surface area contributed by atoms with Gasteiger partial charge in [0.25, 0.3) is 0 Å². The van der Waals surface area contributed by atoms with Gasteiger partial charge in [0.2, 0.25) is 15.9 Å². The van der Waals surface area contributed by atoms with E-state index in [-0.39, 0.29) is 30.6 Å². The Morgan fingerprint density at radius 1 is 1.07 bits per heavy atom. The van der Waals surface area contributed by atoms with Gasteiger partial charge >= 0.3 is 12.0 Å². The summed E-state index contributed by atoms with van der Waals surface area (Å²) in [7, 11) is -2.32. The molecule has 5 N–H and O–H groups in total. The molecule has 0 aliphatic heterocycles. The molecule has 14 heteroatoms. The van der Waals surface area contributed by atoms with Crippen molar-refractivity contribution < 1.29 is 37.1 Å². The van der Waals surface area contributed by atoms with Crippen molar-refractivity contribution >= 4 is 39.3 Å². The predicted octanol–water partition coefficient (Wildman–Crippen LogP) is 3.63. The number of aliphatic carboxylic acids is 1. The van der Waals surface area contributed by atoms with Gasteiger partial charge in [0.15, 0.2) is 5.89 Å². The Hall–Kier alpha value is -4.43.